The average Bonchev–Trinajstić information content (AvgIpc) is 2.27. The molecule has 2 atom stereocenters. The van der Waals surface area contributed by atoms with Gasteiger partial charge in [0.05, 0.1) is 5.92 Å². The molecule has 1 nitrogen and oxygen atoms in total. The average molecular weight is 281 g/mol. The van der Waals surface area contributed by atoms with Gasteiger partial charge in [0.1, 0.15) is 0 Å². The van der Waals surface area contributed by atoms with E-state index in [0.29, 0.717) is 12.8 Å². The SMILES string of the molecule is CSC1(CNC2CCCCC2C(F)(F)F)CCC1. The van der Waals surface area contributed by atoms with E-state index in [1.807, 2.05) is 11.8 Å². The van der Waals surface area contributed by atoms with E-state index < -0.39 is 12.1 Å². The first-order chi connectivity index (χ1) is 8.47. The lowest BCUT2D eigenvalue weighted by atomic mass is 9.81. The zero-order valence-electron chi connectivity index (χ0n) is 10.9. The third-order valence-electron chi connectivity index (χ3n) is 4.57. The molecule has 2 aliphatic rings. The topological polar surface area (TPSA) is 12.0 Å². The van der Waals surface area contributed by atoms with Crippen LogP contribution >= 0.6 is 11.8 Å². The summed E-state index contributed by atoms with van der Waals surface area (Å²) in [6.45, 7) is 0.741. The molecule has 18 heavy (non-hydrogen) atoms. The monoisotopic (exact) mass is 281 g/mol. The lowest BCUT2D eigenvalue weighted by Crippen LogP contribution is -2.51. The minimum absolute atomic E-state index is 0.216. The molecule has 0 saturated heterocycles. The standard InChI is InChI=1S/C13H22F3NS/c1-18-12(7-4-8-12)9-17-11-6-3-2-5-10(11)13(14,15)16/h10-11,17H,2-9H2,1H3. The predicted octanol–water partition coefficient (Wildman–Crippen LogP) is 3.98. The van der Waals surface area contributed by atoms with Gasteiger partial charge in [-0.05, 0) is 31.9 Å². The number of hydrogen-bond donors (Lipinski definition) is 1. The molecule has 0 radical (unpaired) electrons. The summed E-state index contributed by atoms with van der Waals surface area (Å²) in [4.78, 5) is 0. The quantitative estimate of drug-likeness (QED) is 0.836. The number of rotatable bonds is 4. The zero-order chi connectivity index (χ0) is 13.2. The Morgan fingerprint density at radius 2 is 1.83 bits per heavy atom. The summed E-state index contributed by atoms with van der Waals surface area (Å²) in [7, 11) is 0. The van der Waals surface area contributed by atoms with Gasteiger partial charge in [0, 0.05) is 17.3 Å². The number of halogens is 3. The molecule has 2 unspecified atom stereocenters. The highest BCUT2D eigenvalue weighted by Crippen LogP contribution is 2.43. The second kappa shape index (κ2) is 5.61. The van der Waals surface area contributed by atoms with Gasteiger partial charge in [0.25, 0.3) is 0 Å². The molecule has 2 saturated carbocycles. The van der Waals surface area contributed by atoms with Crippen LogP contribution in [-0.4, -0.2) is 29.8 Å². The summed E-state index contributed by atoms with van der Waals surface area (Å²) >= 11 is 1.81. The van der Waals surface area contributed by atoms with E-state index in [-0.39, 0.29) is 10.8 Å². The molecule has 0 spiro atoms. The van der Waals surface area contributed by atoms with Crippen LogP contribution in [0.15, 0.2) is 0 Å². The Morgan fingerprint density at radius 3 is 2.33 bits per heavy atom. The third-order valence-corrected chi connectivity index (χ3v) is 5.99. The molecule has 0 amide bonds. The van der Waals surface area contributed by atoms with E-state index in [1.54, 1.807) is 0 Å². The summed E-state index contributed by atoms with van der Waals surface area (Å²) in [5.41, 5.74) is 0. The predicted molar refractivity (Wildman–Crippen MR) is 69.9 cm³/mol. The molecule has 0 heterocycles. The molecule has 2 aliphatic carbocycles. The van der Waals surface area contributed by atoms with E-state index in [9.17, 15) is 13.2 Å². The molecule has 0 aromatic rings. The van der Waals surface area contributed by atoms with Crippen molar-refractivity contribution in [2.45, 2.75) is 61.9 Å². The molecule has 106 valence electrons. The van der Waals surface area contributed by atoms with E-state index >= 15 is 0 Å². The highest BCUT2D eigenvalue weighted by molar-refractivity contribution is 8.00. The molecule has 5 heteroatoms. The van der Waals surface area contributed by atoms with Crippen molar-refractivity contribution in [3.8, 4) is 0 Å². The second-order valence-electron chi connectivity index (χ2n) is 5.66. The summed E-state index contributed by atoms with van der Waals surface area (Å²) in [5, 5.41) is 3.23. The van der Waals surface area contributed by atoms with Crippen molar-refractivity contribution in [2.24, 2.45) is 5.92 Å². The Balaban J connectivity index is 1.89. The maximum absolute atomic E-state index is 12.9. The summed E-state index contributed by atoms with van der Waals surface area (Å²) in [6, 6.07) is -0.358. The van der Waals surface area contributed by atoms with Crippen molar-refractivity contribution in [3.05, 3.63) is 0 Å². The van der Waals surface area contributed by atoms with Crippen LogP contribution in [0.3, 0.4) is 0 Å². The Hall–Kier alpha value is 0.100. The Kier molecular flexibility index (Phi) is 4.52. The normalized spacial score (nSPS) is 32.0. The fourth-order valence-corrected chi connectivity index (χ4v) is 4.03. The molecule has 0 aliphatic heterocycles. The van der Waals surface area contributed by atoms with Crippen LogP contribution < -0.4 is 5.32 Å². The van der Waals surface area contributed by atoms with Crippen molar-refractivity contribution in [1.29, 1.82) is 0 Å². The minimum atomic E-state index is -4.04. The van der Waals surface area contributed by atoms with E-state index in [1.165, 1.54) is 6.42 Å². The van der Waals surface area contributed by atoms with Gasteiger partial charge in [-0.25, -0.2) is 0 Å². The molecular formula is C13H22F3NS. The van der Waals surface area contributed by atoms with Crippen molar-refractivity contribution < 1.29 is 13.2 Å². The van der Waals surface area contributed by atoms with Crippen LogP contribution in [0.25, 0.3) is 0 Å². The van der Waals surface area contributed by atoms with Gasteiger partial charge < -0.3 is 5.32 Å². The highest BCUT2D eigenvalue weighted by Gasteiger charge is 2.46. The molecular weight excluding hydrogens is 259 g/mol. The van der Waals surface area contributed by atoms with Crippen LogP contribution in [0, 0.1) is 5.92 Å². The smallest absolute Gasteiger partial charge is 0.312 e. The minimum Gasteiger partial charge on any atom is -0.312 e. The van der Waals surface area contributed by atoms with Gasteiger partial charge in [-0.15, -0.1) is 0 Å². The second-order valence-corrected chi connectivity index (χ2v) is 6.93. The molecule has 1 N–H and O–H groups in total. The summed E-state index contributed by atoms with van der Waals surface area (Å²) < 4.78 is 39.0. The molecule has 0 aromatic carbocycles. The van der Waals surface area contributed by atoms with Gasteiger partial charge in [0.2, 0.25) is 0 Å². The van der Waals surface area contributed by atoms with Crippen LogP contribution in [0.2, 0.25) is 0 Å². The van der Waals surface area contributed by atoms with Crippen LogP contribution in [0.5, 0.6) is 0 Å². The van der Waals surface area contributed by atoms with Crippen LogP contribution in [-0.2, 0) is 0 Å². The van der Waals surface area contributed by atoms with Crippen molar-refractivity contribution >= 4 is 11.8 Å². The number of alkyl halides is 3. The van der Waals surface area contributed by atoms with E-state index in [2.05, 4.69) is 11.6 Å². The fraction of sp³-hybridized carbons (Fsp3) is 1.00. The maximum Gasteiger partial charge on any atom is 0.393 e. The first-order valence-electron chi connectivity index (χ1n) is 6.82. The van der Waals surface area contributed by atoms with Gasteiger partial charge in [-0.3, -0.25) is 0 Å². The van der Waals surface area contributed by atoms with Crippen molar-refractivity contribution in [3.63, 3.8) is 0 Å². The molecule has 2 rings (SSSR count). The summed E-state index contributed by atoms with van der Waals surface area (Å²) in [6.07, 6.45) is 4.16. The number of thioether (sulfide) groups is 1. The Morgan fingerprint density at radius 1 is 1.17 bits per heavy atom. The third kappa shape index (κ3) is 3.16. The lowest BCUT2D eigenvalue weighted by molar-refractivity contribution is -0.189. The molecule has 2 fully saturated rings. The summed E-state index contributed by atoms with van der Waals surface area (Å²) in [5.74, 6) is -1.13. The van der Waals surface area contributed by atoms with Crippen LogP contribution in [0.4, 0.5) is 13.2 Å². The number of hydrogen-bond acceptors (Lipinski definition) is 2. The first kappa shape index (κ1) is 14.5. The fourth-order valence-electron chi connectivity index (χ4n) is 3.11. The Bertz CT molecular complexity index is 270. The van der Waals surface area contributed by atoms with Gasteiger partial charge in [0.15, 0.2) is 0 Å². The van der Waals surface area contributed by atoms with Crippen LogP contribution in [0.1, 0.15) is 44.9 Å². The molecule has 0 aromatic heterocycles. The highest BCUT2D eigenvalue weighted by atomic mass is 32.2. The maximum atomic E-state index is 12.9. The van der Waals surface area contributed by atoms with Gasteiger partial charge in [-0.2, -0.15) is 24.9 Å². The van der Waals surface area contributed by atoms with Crippen molar-refractivity contribution in [2.75, 3.05) is 12.8 Å². The largest absolute Gasteiger partial charge is 0.393 e. The van der Waals surface area contributed by atoms with Gasteiger partial charge >= 0.3 is 6.18 Å². The lowest BCUT2D eigenvalue weighted by Gasteiger charge is -2.43. The van der Waals surface area contributed by atoms with Gasteiger partial charge in [-0.1, -0.05) is 19.3 Å². The Labute approximate surface area is 111 Å². The molecule has 0 bridgehead atoms. The number of nitrogens with one attached hydrogen (secondary N) is 1. The van der Waals surface area contributed by atoms with E-state index in [0.717, 1.165) is 32.2 Å². The van der Waals surface area contributed by atoms with E-state index in [4.69, 9.17) is 0 Å². The van der Waals surface area contributed by atoms with Crippen molar-refractivity contribution in [1.82, 2.24) is 5.32 Å². The first-order valence-corrected chi connectivity index (χ1v) is 8.05. The zero-order valence-corrected chi connectivity index (χ0v) is 11.7.